The van der Waals surface area contributed by atoms with E-state index >= 15 is 0 Å². The van der Waals surface area contributed by atoms with Gasteiger partial charge in [-0.25, -0.2) is 0 Å². The molecule has 1 N–H and O–H groups in total. The van der Waals surface area contributed by atoms with Crippen LogP contribution in [0.1, 0.15) is 48.2 Å². The number of aliphatic imine (C=N–C) groups is 1. The van der Waals surface area contributed by atoms with Crippen LogP contribution in [0.25, 0.3) is 11.1 Å². The number of carbonyl (C=O) groups is 1. The maximum absolute atomic E-state index is 12.5. The zero-order valence-electron chi connectivity index (χ0n) is 16.4. The molecule has 0 bridgehead atoms. The predicted octanol–water partition coefficient (Wildman–Crippen LogP) is 4.14. The Labute approximate surface area is 168 Å². The van der Waals surface area contributed by atoms with Gasteiger partial charge in [-0.1, -0.05) is 55.4 Å². The van der Waals surface area contributed by atoms with Crippen molar-refractivity contribution < 1.29 is 9.32 Å². The Kier molecular flexibility index (Phi) is 4.73. The van der Waals surface area contributed by atoms with Crippen LogP contribution in [0.4, 0.5) is 0 Å². The molecule has 1 aromatic heterocycles. The highest BCUT2D eigenvalue weighted by Crippen LogP contribution is 2.38. The monoisotopic (exact) mass is 384 g/mol. The Morgan fingerprint density at radius 2 is 1.83 bits per heavy atom. The minimum Gasteiger partial charge on any atom is -0.356 e. The number of carbonyl (C=O) groups excluding carboxylic acids is 1. The highest BCUT2D eigenvalue weighted by molar-refractivity contribution is 6.17. The summed E-state index contributed by atoms with van der Waals surface area (Å²) in [6.07, 6.45) is -0.695. The summed E-state index contributed by atoms with van der Waals surface area (Å²) in [5.74, 6) is 0.207. The largest absolute Gasteiger partial charge is 0.356 e. The fraction of sp³-hybridized carbons (Fsp3) is 0.217. The molecule has 1 aliphatic rings. The summed E-state index contributed by atoms with van der Waals surface area (Å²) < 4.78 is 5.62. The molecule has 0 aliphatic carbocycles. The fourth-order valence-electron chi connectivity index (χ4n) is 3.40. The Hall–Kier alpha value is -3.72. The SMILES string of the molecule is Cc1noc2c1-c1ccccc1C(c1ccc(C#N)cc1)=NC2NC(=O)C(C)C. The lowest BCUT2D eigenvalue weighted by molar-refractivity contribution is -0.124. The van der Waals surface area contributed by atoms with Crippen molar-refractivity contribution in [1.29, 1.82) is 5.26 Å². The van der Waals surface area contributed by atoms with Crippen molar-refractivity contribution >= 4 is 11.6 Å². The quantitative estimate of drug-likeness (QED) is 0.734. The molecular weight excluding hydrogens is 364 g/mol. The normalized spacial score (nSPS) is 15.0. The summed E-state index contributed by atoms with van der Waals surface area (Å²) in [7, 11) is 0. The molecule has 29 heavy (non-hydrogen) atoms. The number of aryl methyl sites for hydroxylation is 1. The summed E-state index contributed by atoms with van der Waals surface area (Å²) in [5.41, 5.74) is 5.63. The third-order valence-electron chi connectivity index (χ3n) is 4.94. The first-order valence-electron chi connectivity index (χ1n) is 9.44. The Balaban J connectivity index is 1.94. The number of nitrogens with zero attached hydrogens (tertiary/aromatic N) is 3. The van der Waals surface area contributed by atoms with E-state index in [2.05, 4.69) is 16.5 Å². The molecule has 6 nitrogen and oxygen atoms in total. The van der Waals surface area contributed by atoms with E-state index in [0.29, 0.717) is 11.3 Å². The van der Waals surface area contributed by atoms with Gasteiger partial charge in [0.2, 0.25) is 5.91 Å². The smallest absolute Gasteiger partial charge is 0.224 e. The van der Waals surface area contributed by atoms with Gasteiger partial charge in [0, 0.05) is 17.0 Å². The standard InChI is InChI=1S/C23H20N4O2/c1-13(2)23(28)26-22-21-19(14(3)27-29-21)17-6-4-5-7-18(17)20(25-22)16-10-8-15(12-24)9-11-16/h4-11,13,22H,1-3H3,(H,26,28). The molecule has 6 heteroatoms. The molecular formula is C23H20N4O2. The van der Waals surface area contributed by atoms with Crippen molar-refractivity contribution in [1.82, 2.24) is 10.5 Å². The zero-order valence-corrected chi connectivity index (χ0v) is 16.4. The second-order valence-electron chi connectivity index (χ2n) is 7.29. The number of hydrogen-bond donors (Lipinski definition) is 1. The molecule has 0 saturated carbocycles. The second-order valence-corrected chi connectivity index (χ2v) is 7.29. The van der Waals surface area contributed by atoms with Crippen molar-refractivity contribution in [3.05, 3.63) is 76.7 Å². The van der Waals surface area contributed by atoms with Crippen LogP contribution in [0, 0.1) is 24.2 Å². The Bertz CT molecular complexity index is 1150. The van der Waals surface area contributed by atoms with Crippen molar-refractivity contribution in [3.63, 3.8) is 0 Å². The first-order chi connectivity index (χ1) is 14.0. The fourth-order valence-corrected chi connectivity index (χ4v) is 3.40. The van der Waals surface area contributed by atoms with Crippen LogP contribution in [0.3, 0.4) is 0 Å². The van der Waals surface area contributed by atoms with Crippen LogP contribution in [0.15, 0.2) is 58.0 Å². The molecule has 1 amide bonds. The molecule has 0 saturated heterocycles. The van der Waals surface area contributed by atoms with E-state index < -0.39 is 6.17 Å². The molecule has 2 heterocycles. The van der Waals surface area contributed by atoms with Gasteiger partial charge in [-0.3, -0.25) is 9.79 Å². The summed E-state index contributed by atoms with van der Waals surface area (Å²) in [4.78, 5) is 17.3. The summed E-state index contributed by atoms with van der Waals surface area (Å²) in [6.45, 7) is 5.55. The molecule has 2 aromatic carbocycles. The minimum atomic E-state index is -0.695. The third kappa shape index (κ3) is 3.32. The van der Waals surface area contributed by atoms with Crippen LogP contribution in [-0.2, 0) is 4.79 Å². The Morgan fingerprint density at radius 3 is 2.48 bits per heavy atom. The van der Waals surface area contributed by atoms with Gasteiger partial charge >= 0.3 is 0 Å². The van der Waals surface area contributed by atoms with Gasteiger partial charge in [0.05, 0.1) is 28.6 Å². The number of nitrogens with one attached hydrogen (secondary N) is 1. The van der Waals surface area contributed by atoms with E-state index in [0.717, 1.165) is 33.7 Å². The summed E-state index contributed by atoms with van der Waals surface area (Å²) in [6, 6.07) is 17.3. The molecule has 3 aromatic rings. The first-order valence-corrected chi connectivity index (χ1v) is 9.44. The lowest BCUT2D eigenvalue weighted by atomic mass is 9.93. The minimum absolute atomic E-state index is 0.121. The van der Waals surface area contributed by atoms with E-state index in [4.69, 9.17) is 14.8 Å². The lowest BCUT2D eigenvalue weighted by Gasteiger charge is -2.15. The molecule has 4 rings (SSSR count). The van der Waals surface area contributed by atoms with Crippen molar-refractivity contribution in [3.8, 4) is 17.2 Å². The number of nitriles is 1. The first kappa shape index (κ1) is 18.6. The predicted molar refractivity (Wildman–Crippen MR) is 109 cm³/mol. The number of aromatic nitrogens is 1. The number of amides is 1. The lowest BCUT2D eigenvalue weighted by Crippen LogP contribution is -2.31. The topological polar surface area (TPSA) is 91.3 Å². The van der Waals surface area contributed by atoms with Crippen molar-refractivity contribution in [2.45, 2.75) is 26.9 Å². The van der Waals surface area contributed by atoms with E-state index in [1.807, 2.05) is 57.2 Å². The molecule has 0 spiro atoms. The molecule has 0 radical (unpaired) electrons. The Morgan fingerprint density at radius 1 is 1.14 bits per heavy atom. The maximum Gasteiger partial charge on any atom is 0.224 e. The van der Waals surface area contributed by atoms with E-state index in [9.17, 15) is 4.79 Å². The van der Waals surface area contributed by atoms with Gasteiger partial charge in [0.25, 0.3) is 0 Å². The number of rotatable bonds is 3. The highest BCUT2D eigenvalue weighted by Gasteiger charge is 2.31. The molecule has 1 aliphatic heterocycles. The second kappa shape index (κ2) is 7.36. The maximum atomic E-state index is 12.5. The van der Waals surface area contributed by atoms with Crippen LogP contribution < -0.4 is 5.32 Å². The van der Waals surface area contributed by atoms with Crippen molar-refractivity contribution in [2.24, 2.45) is 10.9 Å². The van der Waals surface area contributed by atoms with Gasteiger partial charge in [0.1, 0.15) is 0 Å². The molecule has 0 fully saturated rings. The van der Waals surface area contributed by atoms with Crippen molar-refractivity contribution in [2.75, 3.05) is 0 Å². The van der Waals surface area contributed by atoms with E-state index in [-0.39, 0.29) is 11.8 Å². The third-order valence-corrected chi connectivity index (χ3v) is 4.94. The van der Waals surface area contributed by atoms with Gasteiger partial charge < -0.3 is 9.84 Å². The van der Waals surface area contributed by atoms with Crippen LogP contribution in [0.5, 0.6) is 0 Å². The highest BCUT2D eigenvalue weighted by atomic mass is 16.5. The van der Waals surface area contributed by atoms with Crippen LogP contribution in [-0.4, -0.2) is 16.8 Å². The number of benzene rings is 2. The molecule has 1 unspecified atom stereocenters. The molecule has 144 valence electrons. The average molecular weight is 384 g/mol. The van der Waals surface area contributed by atoms with Crippen LogP contribution in [0.2, 0.25) is 0 Å². The number of fused-ring (bicyclic) bond motifs is 3. The zero-order chi connectivity index (χ0) is 20.5. The van der Waals surface area contributed by atoms with E-state index in [1.165, 1.54) is 0 Å². The summed E-state index contributed by atoms with van der Waals surface area (Å²) in [5, 5.41) is 16.2. The average Bonchev–Trinajstić information content (AvgIpc) is 3.05. The number of hydrogen-bond acceptors (Lipinski definition) is 5. The molecule has 1 atom stereocenters. The summed E-state index contributed by atoms with van der Waals surface area (Å²) >= 11 is 0. The van der Waals surface area contributed by atoms with Gasteiger partial charge in [-0.2, -0.15) is 5.26 Å². The van der Waals surface area contributed by atoms with Gasteiger partial charge in [-0.05, 0) is 24.6 Å². The van der Waals surface area contributed by atoms with Gasteiger partial charge in [0.15, 0.2) is 11.9 Å². The van der Waals surface area contributed by atoms with E-state index in [1.54, 1.807) is 12.1 Å². The van der Waals surface area contributed by atoms with Crippen LogP contribution >= 0.6 is 0 Å². The van der Waals surface area contributed by atoms with Gasteiger partial charge in [-0.15, -0.1) is 0 Å².